The zero-order chi connectivity index (χ0) is 27.4. The Morgan fingerprint density at radius 1 is 0.868 bits per heavy atom. The van der Waals surface area contributed by atoms with Gasteiger partial charge in [-0.3, -0.25) is 25.1 Å². The van der Waals surface area contributed by atoms with E-state index in [0.29, 0.717) is 11.1 Å². The Morgan fingerprint density at radius 3 is 1.82 bits per heavy atom. The smallest absolute Gasteiger partial charge is 0.410 e. The number of β-amino-alcohol motifs (C(OH)–C–C–N with tert-alkyl or cyclic N) is 1. The molecule has 2 N–H and O–H groups in total. The zero-order valence-corrected chi connectivity index (χ0v) is 20.1. The molecule has 2 aliphatic rings. The summed E-state index contributed by atoms with van der Waals surface area (Å²) >= 11 is 0. The molecule has 0 spiro atoms. The number of non-ortho nitro benzene ring substituents is 2. The predicted molar refractivity (Wildman–Crippen MR) is 129 cm³/mol. The van der Waals surface area contributed by atoms with Gasteiger partial charge in [-0.05, 0) is 41.8 Å². The summed E-state index contributed by atoms with van der Waals surface area (Å²) in [7, 11) is 0. The third-order valence-corrected chi connectivity index (χ3v) is 6.62. The number of nitrogens with zero attached hydrogens (tertiary/aromatic N) is 4. The first kappa shape index (κ1) is 26.8. The number of nitro groups is 2. The van der Waals surface area contributed by atoms with Crippen molar-refractivity contribution in [3.05, 3.63) is 79.9 Å². The number of carbonyl (C=O) groups is 2. The molecular weight excluding hydrogens is 504 g/mol. The maximum absolute atomic E-state index is 12.7. The van der Waals surface area contributed by atoms with Crippen molar-refractivity contribution in [2.24, 2.45) is 5.92 Å². The van der Waals surface area contributed by atoms with Crippen molar-refractivity contribution >= 4 is 23.6 Å². The summed E-state index contributed by atoms with van der Waals surface area (Å²) in [4.78, 5) is 48.1. The van der Waals surface area contributed by atoms with Gasteiger partial charge in [-0.15, -0.1) is 0 Å². The summed E-state index contributed by atoms with van der Waals surface area (Å²) in [6, 6.07) is 10.5. The number of hydrogen-bond acceptors (Lipinski definition) is 10. The van der Waals surface area contributed by atoms with Crippen LogP contribution in [0.5, 0.6) is 0 Å². The standard InChI is InChI=1S/C24H26N4O10/c29-20-9-21(26(12-20)24(32)38-14-16-3-7-19(8-4-16)28(35)36)22(30)17-10-25(11-17)23(31)37-13-15-1-5-18(6-2-15)27(33)34/h1-8,17,20-22,29-30H,9-14H2/t20-,21+,22?/m1/s1. The minimum absolute atomic E-state index is 0.0193. The first-order valence-corrected chi connectivity index (χ1v) is 11.8. The second kappa shape index (κ2) is 11.4. The minimum atomic E-state index is -1.02. The first-order valence-electron chi connectivity index (χ1n) is 11.8. The zero-order valence-electron chi connectivity index (χ0n) is 20.1. The quantitative estimate of drug-likeness (QED) is 0.378. The summed E-state index contributed by atoms with van der Waals surface area (Å²) in [5.74, 6) is -0.345. The molecule has 1 unspecified atom stereocenters. The van der Waals surface area contributed by atoms with Crippen LogP contribution in [0.1, 0.15) is 17.5 Å². The molecule has 2 aromatic rings. The second-order valence-corrected chi connectivity index (χ2v) is 9.22. The molecule has 0 aromatic heterocycles. The molecule has 14 nitrogen and oxygen atoms in total. The SMILES string of the molecule is O=C(OCc1ccc([N+](=O)[O-])cc1)N1CC(C(O)[C@@H]2C[C@@H](O)CN2C(=O)OCc2ccc([N+](=O)[O-])cc2)C1. The van der Waals surface area contributed by atoms with E-state index in [1.165, 1.54) is 58.3 Å². The highest BCUT2D eigenvalue weighted by molar-refractivity contribution is 5.69. The fourth-order valence-corrected chi connectivity index (χ4v) is 4.46. The van der Waals surface area contributed by atoms with Crippen LogP contribution in [-0.2, 0) is 22.7 Å². The molecule has 2 fully saturated rings. The number of ether oxygens (including phenoxy) is 2. The van der Waals surface area contributed by atoms with Crippen LogP contribution in [0.25, 0.3) is 0 Å². The maximum atomic E-state index is 12.7. The van der Waals surface area contributed by atoms with Crippen LogP contribution in [0.3, 0.4) is 0 Å². The average Bonchev–Trinajstić information content (AvgIpc) is 3.27. The minimum Gasteiger partial charge on any atom is -0.445 e. The number of amides is 2. The fourth-order valence-electron chi connectivity index (χ4n) is 4.46. The van der Waals surface area contributed by atoms with Crippen LogP contribution >= 0.6 is 0 Å². The molecular formula is C24H26N4O10. The summed E-state index contributed by atoms with van der Waals surface area (Å²) in [5, 5.41) is 42.5. The van der Waals surface area contributed by atoms with Crippen LogP contribution in [0.15, 0.2) is 48.5 Å². The third kappa shape index (κ3) is 6.15. The van der Waals surface area contributed by atoms with Gasteiger partial charge in [0.2, 0.25) is 0 Å². The molecule has 2 heterocycles. The molecule has 2 amide bonds. The Bertz CT molecular complexity index is 1180. The molecule has 0 aliphatic carbocycles. The van der Waals surface area contributed by atoms with E-state index in [4.69, 9.17) is 9.47 Å². The second-order valence-electron chi connectivity index (χ2n) is 9.22. The monoisotopic (exact) mass is 530 g/mol. The number of aliphatic hydroxyl groups excluding tert-OH is 2. The van der Waals surface area contributed by atoms with Crippen molar-refractivity contribution in [2.45, 2.75) is 37.9 Å². The van der Waals surface area contributed by atoms with Gasteiger partial charge in [0, 0.05) is 43.3 Å². The lowest BCUT2D eigenvalue weighted by molar-refractivity contribution is -0.385. The van der Waals surface area contributed by atoms with Gasteiger partial charge in [-0.2, -0.15) is 0 Å². The number of aliphatic hydroxyl groups is 2. The number of nitro benzene ring substituents is 2. The van der Waals surface area contributed by atoms with Gasteiger partial charge in [-0.25, -0.2) is 9.59 Å². The van der Waals surface area contributed by atoms with Crippen molar-refractivity contribution in [1.82, 2.24) is 9.80 Å². The number of likely N-dealkylation sites (tertiary alicyclic amines) is 2. The molecule has 0 bridgehead atoms. The van der Waals surface area contributed by atoms with E-state index < -0.39 is 40.3 Å². The molecule has 2 aliphatic heterocycles. The van der Waals surface area contributed by atoms with Crippen LogP contribution < -0.4 is 0 Å². The van der Waals surface area contributed by atoms with E-state index in [2.05, 4.69) is 0 Å². The van der Waals surface area contributed by atoms with Gasteiger partial charge in [0.15, 0.2) is 0 Å². The predicted octanol–water partition coefficient (Wildman–Crippen LogP) is 2.20. The molecule has 202 valence electrons. The van der Waals surface area contributed by atoms with Gasteiger partial charge in [0.25, 0.3) is 11.4 Å². The van der Waals surface area contributed by atoms with Gasteiger partial charge < -0.3 is 24.6 Å². The van der Waals surface area contributed by atoms with E-state index in [-0.39, 0.29) is 56.6 Å². The molecule has 2 aromatic carbocycles. The topological polar surface area (TPSA) is 186 Å². The normalized spacial score (nSPS) is 19.9. The molecule has 2 saturated heterocycles. The van der Waals surface area contributed by atoms with Crippen LogP contribution in [0, 0.1) is 26.1 Å². The van der Waals surface area contributed by atoms with Crippen molar-refractivity contribution < 1.29 is 39.1 Å². The fraction of sp³-hybridized carbons (Fsp3) is 0.417. The van der Waals surface area contributed by atoms with E-state index >= 15 is 0 Å². The van der Waals surface area contributed by atoms with Crippen molar-refractivity contribution in [3.8, 4) is 0 Å². The molecule has 14 heteroatoms. The lowest BCUT2D eigenvalue weighted by atomic mass is 9.88. The summed E-state index contributed by atoms with van der Waals surface area (Å²) in [6.07, 6.45) is -3.04. The maximum Gasteiger partial charge on any atom is 0.410 e. The Kier molecular flexibility index (Phi) is 8.02. The van der Waals surface area contributed by atoms with Crippen molar-refractivity contribution in [1.29, 1.82) is 0 Å². The average molecular weight is 530 g/mol. The Hall–Kier alpha value is -4.30. The molecule has 0 radical (unpaired) electrons. The molecule has 38 heavy (non-hydrogen) atoms. The van der Waals surface area contributed by atoms with Crippen molar-refractivity contribution in [3.63, 3.8) is 0 Å². The first-order chi connectivity index (χ1) is 18.1. The molecule has 3 atom stereocenters. The van der Waals surface area contributed by atoms with Crippen molar-refractivity contribution in [2.75, 3.05) is 19.6 Å². The molecule has 4 rings (SSSR count). The van der Waals surface area contributed by atoms with E-state index in [9.17, 15) is 40.0 Å². The largest absolute Gasteiger partial charge is 0.445 e. The van der Waals surface area contributed by atoms with Gasteiger partial charge in [0.1, 0.15) is 13.2 Å². The van der Waals surface area contributed by atoms with E-state index in [1.54, 1.807) is 0 Å². The highest BCUT2D eigenvalue weighted by Crippen LogP contribution is 2.30. The number of hydrogen-bond donors (Lipinski definition) is 2. The lowest BCUT2D eigenvalue weighted by Gasteiger charge is -2.43. The Labute approximate surface area is 216 Å². The molecule has 0 saturated carbocycles. The van der Waals surface area contributed by atoms with Gasteiger partial charge >= 0.3 is 12.2 Å². The Morgan fingerprint density at radius 2 is 1.34 bits per heavy atom. The van der Waals surface area contributed by atoms with Gasteiger partial charge in [0.05, 0.1) is 34.6 Å². The summed E-state index contributed by atoms with van der Waals surface area (Å²) < 4.78 is 10.5. The number of carbonyl (C=O) groups excluding carboxylic acids is 2. The third-order valence-electron chi connectivity index (χ3n) is 6.62. The van der Waals surface area contributed by atoms with Crippen LogP contribution in [0.2, 0.25) is 0 Å². The lowest BCUT2D eigenvalue weighted by Crippen LogP contribution is -2.59. The highest BCUT2D eigenvalue weighted by Gasteiger charge is 2.46. The number of rotatable bonds is 8. The summed E-state index contributed by atoms with van der Waals surface area (Å²) in [5.41, 5.74) is 0.975. The van der Waals surface area contributed by atoms with Crippen LogP contribution in [-0.4, -0.2) is 79.9 Å². The van der Waals surface area contributed by atoms with Crippen LogP contribution in [0.4, 0.5) is 21.0 Å². The highest BCUT2D eigenvalue weighted by atomic mass is 16.6. The van der Waals surface area contributed by atoms with Gasteiger partial charge in [-0.1, -0.05) is 0 Å². The summed E-state index contributed by atoms with van der Waals surface area (Å²) in [6.45, 7) is 0.166. The van der Waals surface area contributed by atoms with E-state index in [0.717, 1.165) is 0 Å². The number of benzene rings is 2. The van der Waals surface area contributed by atoms with E-state index in [1.807, 2.05) is 0 Å². The Balaban J connectivity index is 1.24.